The fourth-order valence-electron chi connectivity index (χ4n) is 2.00. The van der Waals surface area contributed by atoms with Gasteiger partial charge < -0.3 is 20.3 Å². The van der Waals surface area contributed by atoms with Crippen molar-refractivity contribution in [2.24, 2.45) is 5.73 Å². The highest BCUT2D eigenvalue weighted by Crippen LogP contribution is 2.13. The Morgan fingerprint density at radius 3 is 2.95 bits per heavy atom. The molecule has 0 atom stereocenters. The van der Waals surface area contributed by atoms with Crippen LogP contribution in [0.1, 0.15) is 5.56 Å². The van der Waals surface area contributed by atoms with E-state index in [1.807, 2.05) is 31.3 Å². The van der Waals surface area contributed by atoms with Gasteiger partial charge in [-0.2, -0.15) is 0 Å². The first-order valence-electron chi connectivity index (χ1n) is 6.62. The molecule has 0 radical (unpaired) electrons. The smallest absolute Gasteiger partial charge is 0.319 e. The van der Waals surface area contributed by atoms with Crippen LogP contribution in [0.3, 0.4) is 0 Å². The van der Waals surface area contributed by atoms with Crippen LogP contribution in [0.25, 0.3) is 0 Å². The van der Waals surface area contributed by atoms with Crippen LogP contribution in [-0.2, 0) is 0 Å². The van der Waals surface area contributed by atoms with E-state index in [1.165, 1.54) is 0 Å². The molecule has 106 valence electrons. The molecule has 1 aromatic rings. The number of rotatable bonds is 4. The molecule has 1 aromatic carbocycles. The van der Waals surface area contributed by atoms with Gasteiger partial charge in [-0.3, -0.25) is 0 Å². The Balaban J connectivity index is 1.84. The van der Waals surface area contributed by atoms with Gasteiger partial charge in [-0.25, -0.2) is 4.79 Å². The minimum atomic E-state index is 0.0659. The summed E-state index contributed by atoms with van der Waals surface area (Å²) < 4.78 is 5.66. The Morgan fingerprint density at radius 1 is 1.40 bits per heavy atom. The van der Waals surface area contributed by atoms with Crippen molar-refractivity contribution in [3.05, 3.63) is 29.8 Å². The fraction of sp³-hybridized carbons (Fsp3) is 0.400. The van der Waals surface area contributed by atoms with Gasteiger partial charge in [0.1, 0.15) is 12.4 Å². The van der Waals surface area contributed by atoms with E-state index in [2.05, 4.69) is 11.8 Å². The minimum Gasteiger partial charge on any atom is -0.492 e. The highest BCUT2D eigenvalue weighted by Gasteiger charge is 2.24. The second-order valence-electron chi connectivity index (χ2n) is 4.57. The lowest BCUT2D eigenvalue weighted by atomic mass is 10.2. The zero-order valence-electron chi connectivity index (χ0n) is 11.6. The van der Waals surface area contributed by atoms with Crippen LogP contribution in [0, 0.1) is 11.8 Å². The zero-order valence-corrected chi connectivity index (χ0v) is 11.6. The lowest BCUT2D eigenvalue weighted by Crippen LogP contribution is -2.32. The molecule has 1 aliphatic heterocycles. The average Bonchev–Trinajstić information content (AvgIpc) is 2.78. The summed E-state index contributed by atoms with van der Waals surface area (Å²) in [6, 6.07) is 7.63. The molecule has 0 spiro atoms. The molecule has 1 fully saturated rings. The third-order valence-electron chi connectivity index (χ3n) is 3.10. The second kappa shape index (κ2) is 6.83. The van der Waals surface area contributed by atoms with Crippen molar-refractivity contribution in [3.63, 3.8) is 0 Å². The van der Waals surface area contributed by atoms with E-state index in [-0.39, 0.29) is 6.03 Å². The van der Waals surface area contributed by atoms with Crippen molar-refractivity contribution in [3.8, 4) is 17.6 Å². The molecule has 2 N–H and O–H groups in total. The lowest BCUT2D eigenvalue weighted by molar-refractivity contribution is 0.188. The topological polar surface area (TPSA) is 58.8 Å². The Bertz CT molecular complexity index is 533. The molecular formula is C15H19N3O2. The van der Waals surface area contributed by atoms with Crippen LogP contribution >= 0.6 is 0 Å². The summed E-state index contributed by atoms with van der Waals surface area (Å²) in [7, 11) is 1.81. The number of nitrogens with zero attached hydrogens (tertiary/aromatic N) is 2. The van der Waals surface area contributed by atoms with E-state index in [1.54, 1.807) is 9.80 Å². The SMILES string of the molecule is CN1CCN(CCOc2cccc(C#CCN)c2)C1=O. The van der Waals surface area contributed by atoms with Gasteiger partial charge in [0.25, 0.3) is 0 Å². The maximum atomic E-state index is 11.7. The molecule has 0 bridgehead atoms. The molecule has 0 unspecified atom stereocenters. The molecule has 0 aliphatic carbocycles. The number of carbonyl (C=O) groups is 1. The van der Waals surface area contributed by atoms with Crippen LogP contribution in [-0.4, -0.2) is 55.7 Å². The van der Waals surface area contributed by atoms with Gasteiger partial charge in [0.15, 0.2) is 0 Å². The first-order chi connectivity index (χ1) is 9.70. The molecule has 2 amide bonds. The van der Waals surface area contributed by atoms with Crippen molar-refractivity contribution < 1.29 is 9.53 Å². The third-order valence-corrected chi connectivity index (χ3v) is 3.10. The van der Waals surface area contributed by atoms with E-state index in [9.17, 15) is 4.79 Å². The molecule has 5 nitrogen and oxygen atoms in total. The van der Waals surface area contributed by atoms with E-state index >= 15 is 0 Å². The first kappa shape index (κ1) is 14.2. The van der Waals surface area contributed by atoms with Gasteiger partial charge in [0, 0.05) is 25.7 Å². The predicted octanol–water partition coefficient (Wildman–Crippen LogP) is 0.743. The molecule has 20 heavy (non-hydrogen) atoms. The van der Waals surface area contributed by atoms with Gasteiger partial charge in [-0.1, -0.05) is 17.9 Å². The average molecular weight is 273 g/mol. The van der Waals surface area contributed by atoms with Gasteiger partial charge in [0.05, 0.1) is 13.1 Å². The summed E-state index contributed by atoms with van der Waals surface area (Å²) in [5.74, 6) is 6.53. The number of likely N-dealkylation sites (N-methyl/N-ethyl adjacent to an activating group) is 1. The highest BCUT2D eigenvalue weighted by molar-refractivity contribution is 5.76. The van der Waals surface area contributed by atoms with Gasteiger partial charge in [-0.05, 0) is 18.2 Å². The van der Waals surface area contributed by atoms with Gasteiger partial charge in [-0.15, -0.1) is 0 Å². The van der Waals surface area contributed by atoms with E-state index < -0.39 is 0 Å². The number of nitrogens with two attached hydrogens (primary N) is 1. The molecule has 0 saturated carbocycles. The molecule has 5 heteroatoms. The van der Waals surface area contributed by atoms with Crippen LogP contribution in [0.4, 0.5) is 4.79 Å². The number of carbonyl (C=O) groups excluding carboxylic acids is 1. The van der Waals surface area contributed by atoms with Crippen LogP contribution in [0.5, 0.6) is 5.75 Å². The zero-order chi connectivity index (χ0) is 14.4. The molecule has 1 aliphatic rings. The Morgan fingerprint density at radius 2 is 2.25 bits per heavy atom. The Hall–Kier alpha value is -2.19. The van der Waals surface area contributed by atoms with Gasteiger partial charge in [0.2, 0.25) is 0 Å². The Kier molecular flexibility index (Phi) is 4.85. The number of hydrogen-bond donors (Lipinski definition) is 1. The number of ether oxygens (including phenoxy) is 1. The van der Waals surface area contributed by atoms with E-state index in [4.69, 9.17) is 10.5 Å². The van der Waals surface area contributed by atoms with Crippen molar-refractivity contribution in [1.29, 1.82) is 0 Å². The maximum absolute atomic E-state index is 11.7. The number of hydrogen-bond acceptors (Lipinski definition) is 3. The normalized spacial score (nSPS) is 14.2. The standard InChI is InChI=1S/C15H19N3O2/c1-17-8-9-18(15(17)19)10-11-20-14-6-2-4-13(12-14)5-3-7-16/h2,4,6,12H,7-11,16H2,1H3. The summed E-state index contributed by atoms with van der Waals surface area (Å²) in [5, 5.41) is 0. The van der Waals surface area contributed by atoms with E-state index in [0.717, 1.165) is 24.4 Å². The number of amides is 2. The first-order valence-corrected chi connectivity index (χ1v) is 6.62. The largest absolute Gasteiger partial charge is 0.492 e. The van der Waals surface area contributed by atoms with Crippen LogP contribution in [0.15, 0.2) is 24.3 Å². The summed E-state index contributed by atoms with van der Waals surface area (Å²) in [5.41, 5.74) is 6.22. The van der Waals surface area contributed by atoms with Crippen molar-refractivity contribution in [2.75, 3.05) is 39.8 Å². The molecular weight excluding hydrogens is 254 g/mol. The fourth-order valence-corrected chi connectivity index (χ4v) is 2.00. The molecule has 1 heterocycles. The molecule has 1 saturated heterocycles. The molecule has 0 aromatic heterocycles. The van der Waals surface area contributed by atoms with Crippen LogP contribution < -0.4 is 10.5 Å². The summed E-state index contributed by atoms with van der Waals surface area (Å²) >= 11 is 0. The van der Waals surface area contributed by atoms with Gasteiger partial charge >= 0.3 is 6.03 Å². The van der Waals surface area contributed by atoms with Crippen molar-refractivity contribution >= 4 is 6.03 Å². The Labute approximate surface area is 119 Å². The second-order valence-corrected chi connectivity index (χ2v) is 4.57. The summed E-state index contributed by atoms with van der Waals surface area (Å²) in [4.78, 5) is 15.2. The summed E-state index contributed by atoms with van der Waals surface area (Å²) in [6.45, 7) is 2.97. The minimum absolute atomic E-state index is 0.0659. The number of benzene rings is 1. The lowest BCUT2D eigenvalue weighted by Gasteiger charge is -2.16. The van der Waals surface area contributed by atoms with E-state index in [0.29, 0.717) is 19.7 Å². The van der Waals surface area contributed by atoms with Crippen LogP contribution in [0.2, 0.25) is 0 Å². The summed E-state index contributed by atoms with van der Waals surface area (Å²) in [6.07, 6.45) is 0. The number of urea groups is 1. The quantitative estimate of drug-likeness (QED) is 0.823. The highest BCUT2D eigenvalue weighted by atomic mass is 16.5. The third kappa shape index (κ3) is 3.65. The maximum Gasteiger partial charge on any atom is 0.319 e. The van der Waals surface area contributed by atoms with Crippen molar-refractivity contribution in [1.82, 2.24) is 9.80 Å². The molecule has 2 rings (SSSR count). The monoisotopic (exact) mass is 273 g/mol. The predicted molar refractivity (Wildman–Crippen MR) is 77.5 cm³/mol. The van der Waals surface area contributed by atoms with Crippen molar-refractivity contribution in [2.45, 2.75) is 0 Å².